The van der Waals surface area contributed by atoms with E-state index >= 15 is 0 Å². The number of rotatable bonds is 11. The van der Waals surface area contributed by atoms with Crippen LogP contribution >= 0.6 is 0 Å². The number of methoxy groups -OCH3 is 1. The fourth-order valence-electron chi connectivity index (χ4n) is 3.58. The Balaban J connectivity index is 3.55. The summed E-state index contributed by atoms with van der Waals surface area (Å²) in [4.78, 5) is 63.7. The monoisotopic (exact) mass is 517 g/mol. The van der Waals surface area contributed by atoms with Crippen molar-refractivity contribution < 1.29 is 33.4 Å². The van der Waals surface area contributed by atoms with Crippen molar-refractivity contribution in [1.82, 2.24) is 15.5 Å². The van der Waals surface area contributed by atoms with Gasteiger partial charge in [-0.05, 0) is 57.7 Å². The molecule has 12 nitrogen and oxygen atoms in total. The van der Waals surface area contributed by atoms with Gasteiger partial charge in [0.25, 0.3) is 0 Å². The molecule has 4 amide bonds. The van der Waals surface area contributed by atoms with E-state index in [0.717, 1.165) is 12.0 Å². The first-order chi connectivity index (χ1) is 17.2. The molecular weight excluding hydrogens is 482 g/mol. The molecule has 0 spiro atoms. The van der Waals surface area contributed by atoms with Crippen molar-refractivity contribution in [2.24, 2.45) is 5.73 Å². The van der Waals surface area contributed by atoms with Gasteiger partial charge in [0, 0.05) is 6.42 Å². The standard InChI is InChI=1S/C25H35N5O7/c1-15-8-7-9-16(2)20(15)21(22(33)28-14-19(32)36-6)30(13-12-26)23(34)17(10-11-18(27)31)29-24(35)37-25(3,4)5/h7-9,17,21H,10-11,13-14H2,1-6H3,(H2,27,31)(H,28,33)(H,29,35). The molecule has 2 atom stereocenters. The van der Waals surface area contributed by atoms with Crippen LogP contribution in [0, 0.1) is 25.2 Å². The maximum atomic E-state index is 13.8. The van der Waals surface area contributed by atoms with Crippen LogP contribution in [0.4, 0.5) is 4.79 Å². The van der Waals surface area contributed by atoms with Crippen molar-refractivity contribution in [3.8, 4) is 6.07 Å². The molecule has 0 aliphatic carbocycles. The molecule has 1 aromatic carbocycles. The summed E-state index contributed by atoms with van der Waals surface area (Å²) in [7, 11) is 1.16. The van der Waals surface area contributed by atoms with E-state index in [0.29, 0.717) is 16.7 Å². The van der Waals surface area contributed by atoms with Gasteiger partial charge in [0.05, 0.1) is 13.2 Å². The average molecular weight is 518 g/mol. The first-order valence-electron chi connectivity index (χ1n) is 11.6. The highest BCUT2D eigenvalue weighted by atomic mass is 16.6. The van der Waals surface area contributed by atoms with Gasteiger partial charge in [-0.15, -0.1) is 0 Å². The largest absolute Gasteiger partial charge is 0.468 e. The number of aryl methyl sites for hydroxylation is 2. The maximum Gasteiger partial charge on any atom is 0.408 e. The van der Waals surface area contributed by atoms with Gasteiger partial charge >= 0.3 is 12.1 Å². The Morgan fingerprint density at radius 1 is 1.14 bits per heavy atom. The molecular formula is C25H35N5O7. The highest BCUT2D eigenvalue weighted by Crippen LogP contribution is 2.28. The molecule has 0 aromatic heterocycles. The zero-order chi connectivity index (χ0) is 28.3. The highest BCUT2D eigenvalue weighted by Gasteiger charge is 2.37. The predicted molar refractivity (Wildman–Crippen MR) is 133 cm³/mol. The average Bonchev–Trinajstić information content (AvgIpc) is 2.79. The summed E-state index contributed by atoms with van der Waals surface area (Å²) >= 11 is 0. The van der Waals surface area contributed by atoms with Gasteiger partial charge in [-0.25, -0.2) is 4.79 Å². The summed E-state index contributed by atoms with van der Waals surface area (Å²) in [6.45, 7) is 7.38. The van der Waals surface area contributed by atoms with Crippen molar-refractivity contribution in [1.29, 1.82) is 5.26 Å². The molecule has 4 N–H and O–H groups in total. The van der Waals surface area contributed by atoms with E-state index < -0.39 is 60.6 Å². The summed E-state index contributed by atoms with van der Waals surface area (Å²) in [5.41, 5.74) is 6.14. The van der Waals surface area contributed by atoms with Crippen LogP contribution < -0.4 is 16.4 Å². The molecule has 0 saturated carbocycles. The molecule has 0 aliphatic rings. The number of alkyl carbamates (subject to hydrolysis) is 1. The zero-order valence-corrected chi connectivity index (χ0v) is 22.0. The molecule has 0 bridgehead atoms. The number of ether oxygens (including phenoxy) is 2. The van der Waals surface area contributed by atoms with Crippen LogP contribution in [0.2, 0.25) is 0 Å². The normalized spacial score (nSPS) is 12.4. The SMILES string of the molecule is COC(=O)CNC(=O)C(c1c(C)cccc1C)N(CC#N)C(=O)C(CCC(N)=O)NC(=O)OC(C)(C)C. The summed E-state index contributed by atoms with van der Waals surface area (Å²) < 4.78 is 9.81. The van der Waals surface area contributed by atoms with Crippen molar-refractivity contribution in [2.45, 2.75) is 65.1 Å². The summed E-state index contributed by atoms with van der Waals surface area (Å²) in [6, 6.07) is 4.45. The van der Waals surface area contributed by atoms with Crippen LogP contribution in [0.15, 0.2) is 18.2 Å². The van der Waals surface area contributed by atoms with Crippen LogP contribution in [0.5, 0.6) is 0 Å². The van der Waals surface area contributed by atoms with Gasteiger partial charge < -0.3 is 30.7 Å². The lowest BCUT2D eigenvalue weighted by Crippen LogP contribution is -2.53. The number of nitrogens with two attached hydrogens (primary N) is 1. The van der Waals surface area contributed by atoms with Gasteiger partial charge in [-0.1, -0.05) is 18.2 Å². The quantitative estimate of drug-likeness (QED) is 0.288. The third kappa shape index (κ3) is 9.79. The van der Waals surface area contributed by atoms with Crippen LogP contribution in [-0.2, 0) is 28.7 Å². The number of benzene rings is 1. The van der Waals surface area contributed by atoms with Crippen molar-refractivity contribution in [3.63, 3.8) is 0 Å². The number of carbonyl (C=O) groups is 5. The molecule has 12 heteroatoms. The number of esters is 1. The number of carbonyl (C=O) groups excluding carboxylic acids is 5. The predicted octanol–water partition coefficient (Wildman–Crippen LogP) is 1.14. The second-order valence-electron chi connectivity index (χ2n) is 9.33. The minimum Gasteiger partial charge on any atom is -0.468 e. The van der Waals surface area contributed by atoms with E-state index in [1.54, 1.807) is 52.8 Å². The van der Waals surface area contributed by atoms with E-state index in [9.17, 15) is 29.2 Å². The Kier molecular flexibility index (Phi) is 11.5. The molecule has 0 fully saturated rings. The summed E-state index contributed by atoms with van der Waals surface area (Å²) in [5.74, 6) is -2.97. The highest BCUT2D eigenvalue weighted by molar-refractivity contribution is 5.94. The van der Waals surface area contributed by atoms with Crippen LogP contribution in [0.25, 0.3) is 0 Å². The lowest BCUT2D eigenvalue weighted by molar-refractivity contribution is -0.144. The van der Waals surface area contributed by atoms with Crippen molar-refractivity contribution in [3.05, 3.63) is 34.9 Å². The van der Waals surface area contributed by atoms with E-state index in [1.165, 1.54) is 0 Å². The third-order valence-corrected chi connectivity index (χ3v) is 5.20. The molecule has 202 valence electrons. The van der Waals surface area contributed by atoms with E-state index in [4.69, 9.17) is 10.5 Å². The molecule has 0 heterocycles. The Hall–Kier alpha value is -4.14. The van der Waals surface area contributed by atoms with E-state index in [1.807, 2.05) is 6.07 Å². The maximum absolute atomic E-state index is 13.8. The number of primary amides is 1. The molecule has 0 aliphatic heterocycles. The van der Waals surface area contributed by atoms with Crippen LogP contribution in [0.1, 0.15) is 56.3 Å². The summed E-state index contributed by atoms with van der Waals surface area (Å²) in [5, 5.41) is 14.4. The smallest absolute Gasteiger partial charge is 0.408 e. The Labute approximate surface area is 216 Å². The van der Waals surface area contributed by atoms with Crippen LogP contribution in [-0.4, -0.2) is 66.5 Å². The number of hydrogen-bond donors (Lipinski definition) is 3. The summed E-state index contributed by atoms with van der Waals surface area (Å²) in [6.07, 6.45) is -1.38. The molecule has 1 rings (SSSR count). The Bertz CT molecular complexity index is 1040. The molecule has 37 heavy (non-hydrogen) atoms. The van der Waals surface area contributed by atoms with Gasteiger partial charge in [0.15, 0.2) is 0 Å². The Morgan fingerprint density at radius 3 is 2.22 bits per heavy atom. The number of hydrogen-bond acceptors (Lipinski definition) is 8. The Morgan fingerprint density at radius 2 is 1.73 bits per heavy atom. The first kappa shape index (κ1) is 30.9. The minimum atomic E-state index is -1.34. The zero-order valence-electron chi connectivity index (χ0n) is 22.0. The molecule has 0 saturated heterocycles. The number of nitrogens with one attached hydrogen (secondary N) is 2. The second kappa shape index (κ2) is 13.8. The second-order valence-corrected chi connectivity index (χ2v) is 9.33. The molecule has 2 unspecified atom stereocenters. The third-order valence-electron chi connectivity index (χ3n) is 5.20. The minimum absolute atomic E-state index is 0.196. The first-order valence-corrected chi connectivity index (χ1v) is 11.6. The van der Waals surface area contributed by atoms with E-state index in [2.05, 4.69) is 15.4 Å². The van der Waals surface area contributed by atoms with Gasteiger partial charge in [-0.2, -0.15) is 5.26 Å². The van der Waals surface area contributed by atoms with E-state index in [-0.39, 0.29) is 12.8 Å². The van der Waals surface area contributed by atoms with Crippen molar-refractivity contribution in [2.75, 3.05) is 20.2 Å². The topological polar surface area (TPSA) is 181 Å². The van der Waals surface area contributed by atoms with Gasteiger partial charge in [0.2, 0.25) is 17.7 Å². The van der Waals surface area contributed by atoms with Gasteiger partial charge in [-0.3, -0.25) is 19.2 Å². The van der Waals surface area contributed by atoms with Crippen molar-refractivity contribution >= 4 is 29.8 Å². The molecule has 0 radical (unpaired) electrons. The number of nitrogens with zero attached hydrogens (tertiary/aromatic N) is 2. The fourth-order valence-corrected chi connectivity index (χ4v) is 3.58. The number of nitriles is 1. The lowest BCUT2D eigenvalue weighted by atomic mass is 9.93. The van der Waals surface area contributed by atoms with Gasteiger partial charge in [0.1, 0.15) is 30.8 Å². The lowest BCUT2D eigenvalue weighted by Gasteiger charge is -2.34. The number of amides is 4. The fraction of sp³-hybridized carbons (Fsp3) is 0.520. The molecule has 1 aromatic rings. The van der Waals surface area contributed by atoms with Crippen LogP contribution in [0.3, 0.4) is 0 Å².